The third-order valence-corrected chi connectivity index (χ3v) is 17.9. The zero-order valence-electron chi connectivity index (χ0n) is 61.5. The lowest BCUT2D eigenvalue weighted by atomic mass is 9.98. The molecule has 2 aromatic carbocycles. The Morgan fingerprint density at radius 3 is 1.52 bits per heavy atom. The van der Waals surface area contributed by atoms with Crippen molar-refractivity contribution in [3.63, 3.8) is 0 Å². The molecule has 0 bridgehead atoms. The number of ketones is 4. The summed E-state index contributed by atoms with van der Waals surface area (Å²) in [4.78, 5) is 89.9. The van der Waals surface area contributed by atoms with Crippen LogP contribution >= 0.6 is 0 Å². The molecular formula is C81H96F6N18O6. The molecule has 9 aromatic heterocycles. The van der Waals surface area contributed by atoms with Gasteiger partial charge in [-0.3, -0.25) is 33.8 Å². The van der Waals surface area contributed by atoms with Crippen LogP contribution in [0.25, 0.3) is 22.3 Å². The van der Waals surface area contributed by atoms with E-state index in [0.29, 0.717) is 64.4 Å². The number of nitrogen functional groups attached to an aromatic ring is 2. The minimum absolute atomic E-state index is 0. The van der Waals surface area contributed by atoms with Gasteiger partial charge in [0.25, 0.3) is 0 Å². The molecule has 0 saturated carbocycles. The SMILES string of the molecule is Cc1ncccc1C(=O)c1nc(N2CCN[C@@H](CC(C)C)C2)ccc1-c1cnn(C)c1.Cc1ncccc1C(=O)c1nc(NC[C@@H](O)c2ccccc2)ccc1C(F)(F)F.Nc1ncccc1C(=O)c1nc(N2CCNCC2)ccc1-c1ccccc1.Nc1ncccc1C(=O)c1nc(NCCCO)ccc1C(F)(F)F.[HH].[HH].[HH].[HH].[HH].[HH]. The lowest BCUT2D eigenvalue weighted by Gasteiger charge is -2.35. The van der Waals surface area contributed by atoms with Crippen LogP contribution in [0.5, 0.6) is 0 Å². The van der Waals surface area contributed by atoms with Gasteiger partial charge in [-0.2, -0.15) is 31.4 Å². The van der Waals surface area contributed by atoms with Gasteiger partial charge in [0.2, 0.25) is 23.1 Å². The van der Waals surface area contributed by atoms with Crippen LogP contribution in [-0.4, -0.2) is 155 Å². The molecule has 24 nitrogen and oxygen atoms in total. The molecule has 588 valence electrons. The molecule has 0 spiro atoms. The van der Waals surface area contributed by atoms with Crippen molar-refractivity contribution >= 4 is 58.0 Å². The molecule has 0 radical (unpaired) electrons. The molecule has 30 heteroatoms. The topological polar surface area (TPSA) is 336 Å². The van der Waals surface area contributed by atoms with E-state index in [1.807, 2.05) is 80.8 Å². The fraction of sp³-hybridized carbons (Fsp3) is 0.272. The van der Waals surface area contributed by atoms with Crippen molar-refractivity contribution in [3.05, 3.63) is 268 Å². The van der Waals surface area contributed by atoms with Gasteiger partial charge in [0, 0.05) is 157 Å². The smallest absolute Gasteiger partial charge is 0.396 e. The Balaban J connectivity index is 0.000000324. The number of halogens is 6. The molecule has 2 aliphatic heterocycles. The number of aromatic nitrogens is 10. The molecule has 2 atom stereocenters. The second kappa shape index (κ2) is 37.7. The maximum atomic E-state index is 13.6. The van der Waals surface area contributed by atoms with Gasteiger partial charge >= 0.3 is 12.4 Å². The Hall–Kier alpha value is -12.3. The fourth-order valence-electron chi connectivity index (χ4n) is 12.3. The molecule has 13 rings (SSSR count). The van der Waals surface area contributed by atoms with Gasteiger partial charge in [-0.15, -0.1) is 0 Å². The number of nitrogens with zero attached hydrogens (tertiary/aromatic N) is 12. The summed E-state index contributed by atoms with van der Waals surface area (Å²) >= 11 is 0. The molecular weight excluding hydrogens is 1430 g/mol. The number of anilines is 6. The molecule has 2 fully saturated rings. The standard InChI is InChI=1S/C24H30N6O.C21H18F3N3O2.C21H21N5O.C15H15F3N4O2.6H2/c1-16(2)12-19-15-30(11-10-26-19)22-8-7-21(18-13-27-29(4)14-18)23(28-22)24(31)20-6-5-9-25-17(20)3;1-13-15(8-5-11-25-13)20(29)19-16(21(22,23)24)9-10-18(27-19)26-12-17(28)14-6-3-2-4-7-14;22-21-17(7-4-10-24-21)20(27)19-16(15-5-2-1-3-6-15)8-9-18(25-19)26-13-11-23-12-14-26;16-15(17,18)10-4-5-11(20-7-2-8-23)22-12(10)13(24)9-3-1-6-21-14(9)19;;;;;;/h5-9,13-14,16,19,26H,10-12,15H2,1-4H3;2-11,17,28H,12H2,1H3,(H,26,27);1-10,23H,11-14H2,(H2,22,24);1,3-6,23H,2,7-8H2,(H2,19,21)(H,20,22);6*1H/t19-;17-;;;;;;;;/m01......../s1. The number of hydrogen-bond donors (Lipinski definition) is 8. The molecule has 11 heterocycles. The quantitative estimate of drug-likeness (QED) is 0.0177. The minimum atomic E-state index is -4.74. The Labute approximate surface area is 645 Å². The number of nitrogens with two attached hydrogens (primary N) is 2. The van der Waals surface area contributed by atoms with Crippen molar-refractivity contribution in [1.29, 1.82) is 0 Å². The lowest BCUT2D eigenvalue weighted by Crippen LogP contribution is -2.51. The molecule has 2 saturated heterocycles. The van der Waals surface area contributed by atoms with Crippen LogP contribution in [0.15, 0.2) is 195 Å². The Kier molecular flexibility index (Phi) is 27.6. The van der Waals surface area contributed by atoms with Crippen LogP contribution in [0.4, 0.5) is 61.2 Å². The summed E-state index contributed by atoms with van der Waals surface area (Å²) in [6.07, 6.45) is 0.883. The normalized spacial score (nSPS) is 13.8. The number of aliphatic hydroxyl groups is 2. The summed E-state index contributed by atoms with van der Waals surface area (Å²) in [5.41, 5.74) is 14.5. The zero-order chi connectivity index (χ0) is 79.4. The summed E-state index contributed by atoms with van der Waals surface area (Å²) < 4.78 is 81.5. The third-order valence-electron chi connectivity index (χ3n) is 17.9. The fourth-order valence-corrected chi connectivity index (χ4v) is 12.3. The number of hydrogen-bond acceptors (Lipinski definition) is 23. The summed E-state index contributed by atoms with van der Waals surface area (Å²) in [6.45, 7) is 14.3. The van der Waals surface area contributed by atoms with E-state index in [1.54, 1.807) is 78.7 Å². The van der Waals surface area contributed by atoms with E-state index in [9.17, 15) is 50.6 Å². The highest BCUT2D eigenvalue weighted by Crippen LogP contribution is 2.37. The van der Waals surface area contributed by atoms with Gasteiger partial charge in [-0.25, -0.2) is 29.9 Å². The van der Waals surface area contributed by atoms with Crippen LogP contribution in [0.1, 0.15) is 134 Å². The van der Waals surface area contributed by atoms with E-state index in [2.05, 4.69) is 79.9 Å². The first kappa shape index (κ1) is 81.3. The van der Waals surface area contributed by atoms with Gasteiger partial charge in [0.15, 0.2) is 0 Å². The Bertz CT molecular complexity index is 5040. The first-order chi connectivity index (χ1) is 53.3. The number of benzene rings is 2. The molecule has 0 unspecified atom stereocenters. The van der Waals surface area contributed by atoms with E-state index in [1.165, 1.54) is 36.7 Å². The Morgan fingerprint density at radius 1 is 0.559 bits per heavy atom. The average molecular weight is 1530 g/mol. The summed E-state index contributed by atoms with van der Waals surface area (Å²) in [5.74, 6) is 0.330. The molecule has 111 heavy (non-hydrogen) atoms. The number of nitrogens with one attached hydrogen (secondary N) is 4. The predicted octanol–water partition coefficient (Wildman–Crippen LogP) is 13.4. The van der Waals surface area contributed by atoms with Crippen molar-refractivity contribution in [1.82, 2.24) is 60.3 Å². The maximum absolute atomic E-state index is 13.6. The van der Waals surface area contributed by atoms with Crippen molar-refractivity contribution < 1.29 is 64.3 Å². The van der Waals surface area contributed by atoms with E-state index in [0.717, 1.165) is 110 Å². The van der Waals surface area contributed by atoms with E-state index >= 15 is 0 Å². The number of pyridine rings is 8. The number of carbonyl (C=O) groups excluding carboxylic acids is 4. The molecule has 11 aromatic rings. The molecule has 2 aliphatic rings. The van der Waals surface area contributed by atoms with Crippen LogP contribution in [0, 0.1) is 19.8 Å². The van der Waals surface area contributed by atoms with Gasteiger partial charge in [-0.05, 0) is 141 Å². The number of aliphatic hydroxyl groups excluding tert-OH is 2. The highest BCUT2D eigenvalue weighted by atomic mass is 19.4. The first-order valence-electron chi connectivity index (χ1n) is 35.7. The van der Waals surface area contributed by atoms with E-state index in [4.69, 9.17) is 26.5 Å². The summed E-state index contributed by atoms with van der Waals surface area (Å²) in [7, 11) is 1.87. The van der Waals surface area contributed by atoms with Crippen molar-refractivity contribution in [2.75, 3.05) is 97.4 Å². The van der Waals surface area contributed by atoms with Gasteiger partial charge < -0.3 is 52.7 Å². The Morgan fingerprint density at radius 2 is 1.03 bits per heavy atom. The van der Waals surface area contributed by atoms with Crippen LogP contribution < -0.4 is 42.5 Å². The zero-order valence-corrected chi connectivity index (χ0v) is 61.5. The average Bonchev–Trinajstić information content (AvgIpc) is 1.67. The maximum Gasteiger partial charge on any atom is 0.418 e. The number of alkyl halides is 6. The van der Waals surface area contributed by atoms with Crippen LogP contribution in [0.2, 0.25) is 0 Å². The van der Waals surface area contributed by atoms with E-state index < -0.39 is 52.5 Å². The van der Waals surface area contributed by atoms with E-state index in [-0.39, 0.29) is 67.7 Å². The highest BCUT2D eigenvalue weighted by Gasteiger charge is 2.39. The number of piperazine rings is 2. The minimum Gasteiger partial charge on any atom is -0.396 e. The van der Waals surface area contributed by atoms with Crippen molar-refractivity contribution in [3.8, 4) is 22.3 Å². The summed E-state index contributed by atoms with van der Waals surface area (Å²) in [6, 6.07) is 43.4. The van der Waals surface area contributed by atoms with Crippen LogP contribution in [0.3, 0.4) is 0 Å². The number of rotatable bonds is 22. The second-order valence-electron chi connectivity index (χ2n) is 26.3. The number of carbonyl (C=O) groups is 4. The molecule has 10 N–H and O–H groups in total. The largest absolute Gasteiger partial charge is 0.418 e. The molecule has 0 aliphatic carbocycles. The van der Waals surface area contributed by atoms with Gasteiger partial charge in [-0.1, -0.05) is 74.5 Å². The van der Waals surface area contributed by atoms with Crippen molar-refractivity contribution in [2.45, 2.75) is 65.0 Å². The van der Waals surface area contributed by atoms with Crippen LogP contribution in [-0.2, 0) is 19.4 Å². The number of aryl methyl sites for hydroxylation is 3. The predicted molar refractivity (Wildman–Crippen MR) is 425 cm³/mol. The molecule has 0 amide bonds. The lowest BCUT2D eigenvalue weighted by molar-refractivity contribution is -0.138. The third kappa shape index (κ3) is 21.4. The second-order valence-corrected chi connectivity index (χ2v) is 26.3. The first-order valence-corrected chi connectivity index (χ1v) is 35.7. The monoisotopic (exact) mass is 1530 g/mol. The van der Waals surface area contributed by atoms with Crippen molar-refractivity contribution in [2.24, 2.45) is 13.0 Å². The van der Waals surface area contributed by atoms with Gasteiger partial charge in [0.05, 0.1) is 34.6 Å². The highest BCUT2D eigenvalue weighted by molar-refractivity contribution is 6.15. The summed E-state index contributed by atoms with van der Waals surface area (Å²) in [5, 5.41) is 35.7. The van der Waals surface area contributed by atoms with Gasteiger partial charge in [0.1, 0.15) is 57.7 Å².